The van der Waals surface area contributed by atoms with Crippen LogP contribution in [0, 0.1) is 5.92 Å². The van der Waals surface area contributed by atoms with Crippen molar-refractivity contribution in [2.75, 3.05) is 7.11 Å². The number of carboxylic acid groups (broad SMARTS) is 1. The van der Waals surface area contributed by atoms with Crippen LogP contribution in [0.4, 0.5) is 0 Å². The molecule has 0 heterocycles. The van der Waals surface area contributed by atoms with Gasteiger partial charge in [0.15, 0.2) is 0 Å². The largest absolute Gasteiger partial charge is 0.497 e. The molecule has 1 N–H and O–H groups in total. The molecule has 0 radical (unpaired) electrons. The van der Waals surface area contributed by atoms with Crippen molar-refractivity contribution in [1.82, 2.24) is 0 Å². The van der Waals surface area contributed by atoms with E-state index in [1.807, 2.05) is 24.3 Å². The summed E-state index contributed by atoms with van der Waals surface area (Å²) in [7, 11) is 1.62. The topological polar surface area (TPSA) is 46.5 Å². The number of carboxylic acids is 1. The van der Waals surface area contributed by atoms with Crippen molar-refractivity contribution >= 4 is 37.8 Å². The highest BCUT2D eigenvalue weighted by molar-refractivity contribution is 9.25. The minimum Gasteiger partial charge on any atom is -0.497 e. The Bertz CT molecular complexity index is 428. The Balaban J connectivity index is 2.15. The molecule has 0 saturated heterocycles. The van der Waals surface area contributed by atoms with E-state index in [1.165, 1.54) is 0 Å². The summed E-state index contributed by atoms with van der Waals surface area (Å²) in [5.74, 6) is 0.297. The van der Waals surface area contributed by atoms with Gasteiger partial charge in [-0.3, -0.25) is 4.79 Å². The van der Waals surface area contributed by atoms with Crippen LogP contribution in [0.2, 0.25) is 0 Å². The SMILES string of the molecule is COc1ccc(C2C(CC(=O)O)C2(Br)Br)cc1. The van der Waals surface area contributed by atoms with Gasteiger partial charge in [0.1, 0.15) is 5.75 Å². The van der Waals surface area contributed by atoms with Crippen molar-refractivity contribution in [1.29, 1.82) is 0 Å². The first-order chi connectivity index (χ1) is 7.96. The Labute approximate surface area is 116 Å². The average molecular weight is 364 g/mol. The second-order valence-corrected chi connectivity index (χ2v) is 7.82. The molecular weight excluding hydrogens is 352 g/mol. The predicted molar refractivity (Wildman–Crippen MR) is 72.1 cm³/mol. The maximum atomic E-state index is 10.8. The molecule has 2 atom stereocenters. The quantitative estimate of drug-likeness (QED) is 0.834. The maximum Gasteiger partial charge on any atom is 0.303 e. The van der Waals surface area contributed by atoms with E-state index in [2.05, 4.69) is 31.9 Å². The standard InChI is InChI=1S/C12H12Br2O3/c1-17-8-4-2-7(3-5-8)11-9(6-10(15)16)12(11,13)14/h2-5,9,11H,6H2,1H3,(H,15,16). The zero-order valence-electron chi connectivity index (χ0n) is 9.19. The Hall–Kier alpha value is -0.550. The Morgan fingerprint density at radius 1 is 1.41 bits per heavy atom. The number of benzene rings is 1. The molecule has 17 heavy (non-hydrogen) atoms. The fourth-order valence-corrected chi connectivity index (χ4v) is 3.85. The summed E-state index contributed by atoms with van der Waals surface area (Å²) in [6, 6.07) is 7.73. The molecule has 3 nitrogen and oxygen atoms in total. The Morgan fingerprint density at radius 2 is 2.00 bits per heavy atom. The number of hydrogen-bond donors (Lipinski definition) is 1. The Kier molecular flexibility index (Phi) is 3.50. The minimum atomic E-state index is -0.769. The molecule has 1 fully saturated rings. The third kappa shape index (κ3) is 2.50. The van der Waals surface area contributed by atoms with Gasteiger partial charge in [0.05, 0.1) is 16.8 Å². The van der Waals surface area contributed by atoms with Gasteiger partial charge in [-0.1, -0.05) is 44.0 Å². The molecule has 0 aromatic heterocycles. The smallest absolute Gasteiger partial charge is 0.303 e. The summed E-state index contributed by atoms with van der Waals surface area (Å²) in [4.78, 5) is 10.8. The highest BCUT2D eigenvalue weighted by atomic mass is 79.9. The van der Waals surface area contributed by atoms with Crippen LogP contribution >= 0.6 is 31.9 Å². The molecule has 0 bridgehead atoms. The van der Waals surface area contributed by atoms with E-state index in [0.29, 0.717) is 0 Å². The number of rotatable bonds is 4. The molecule has 1 aliphatic carbocycles. The van der Waals surface area contributed by atoms with Gasteiger partial charge in [0.25, 0.3) is 0 Å². The first-order valence-electron chi connectivity index (χ1n) is 5.20. The fourth-order valence-electron chi connectivity index (χ4n) is 2.10. The molecular formula is C12H12Br2O3. The fraction of sp³-hybridized carbons (Fsp3) is 0.417. The lowest BCUT2D eigenvalue weighted by atomic mass is 10.1. The number of ether oxygens (including phenoxy) is 1. The number of alkyl halides is 2. The first kappa shape index (κ1) is 12.9. The van der Waals surface area contributed by atoms with Crippen LogP contribution in [-0.4, -0.2) is 21.4 Å². The predicted octanol–water partition coefficient (Wildman–Crippen LogP) is 3.37. The highest BCUT2D eigenvalue weighted by Gasteiger charge is 2.62. The van der Waals surface area contributed by atoms with Gasteiger partial charge in [-0.05, 0) is 17.7 Å². The monoisotopic (exact) mass is 362 g/mol. The number of halogens is 2. The van der Waals surface area contributed by atoms with Crippen LogP contribution in [0.1, 0.15) is 17.9 Å². The zero-order chi connectivity index (χ0) is 12.6. The summed E-state index contributed by atoms with van der Waals surface area (Å²) in [6.07, 6.45) is 0.160. The molecule has 5 heteroatoms. The maximum absolute atomic E-state index is 10.8. The van der Waals surface area contributed by atoms with Gasteiger partial charge >= 0.3 is 5.97 Å². The van der Waals surface area contributed by atoms with E-state index in [9.17, 15) is 4.79 Å². The number of methoxy groups -OCH3 is 1. The van der Waals surface area contributed by atoms with E-state index in [1.54, 1.807) is 7.11 Å². The molecule has 0 spiro atoms. The second-order valence-electron chi connectivity index (χ2n) is 4.13. The normalized spacial score (nSPS) is 25.4. The second kappa shape index (κ2) is 4.61. The number of carbonyl (C=O) groups is 1. The van der Waals surface area contributed by atoms with E-state index >= 15 is 0 Å². The summed E-state index contributed by atoms with van der Waals surface area (Å²) >= 11 is 7.08. The lowest BCUT2D eigenvalue weighted by Crippen LogP contribution is -1.99. The van der Waals surface area contributed by atoms with Crippen molar-refractivity contribution in [3.63, 3.8) is 0 Å². The van der Waals surface area contributed by atoms with Crippen molar-refractivity contribution in [2.45, 2.75) is 15.6 Å². The van der Waals surface area contributed by atoms with Crippen LogP contribution in [0.5, 0.6) is 5.75 Å². The molecule has 1 aromatic carbocycles. The lowest BCUT2D eigenvalue weighted by Gasteiger charge is -2.03. The molecule has 1 aliphatic rings. The average Bonchev–Trinajstić information content (AvgIpc) is 2.80. The van der Waals surface area contributed by atoms with Crippen LogP contribution < -0.4 is 4.74 Å². The van der Waals surface area contributed by atoms with E-state index < -0.39 is 5.97 Å². The van der Waals surface area contributed by atoms with Crippen molar-refractivity contribution in [3.05, 3.63) is 29.8 Å². The first-order valence-corrected chi connectivity index (χ1v) is 6.79. The number of hydrogen-bond acceptors (Lipinski definition) is 2. The van der Waals surface area contributed by atoms with Crippen molar-refractivity contribution < 1.29 is 14.6 Å². The van der Waals surface area contributed by atoms with Gasteiger partial charge in [0, 0.05) is 11.8 Å². The molecule has 1 aromatic rings. The van der Waals surface area contributed by atoms with Gasteiger partial charge in [-0.25, -0.2) is 0 Å². The molecule has 0 aliphatic heterocycles. The van der Waals surface area contributed by atoms with E-state index in [4.69, 9.17) is 9.84 Å². The summed E-state index contributed by atoms with van der Waals surface area (Å²) in [5.41, 5.74) is 1.12. The third-order valence-electron chi connectivity index (χ3n) is 3.07. The van der Waals surface area contributed by atoms with Crippen LogP contribution in [0.15, 0.2) is 24.3 Å². The summed E-state index contributed by atoms with van der Waals surface area (Å²) in [5, 5.41) is 8.84. The van der Waals surface area contributed by atoms with E-state index in [0.717, 1.165) is 11.3 Å². The van der Waals surface area contributed by atoms with Gasteiger partial charge < -0.3 is 9.84 Å². The van der Waals surface area contributed by atoms with Crippen LogP contribution in [-0.2, 0) is 4.79 Å². The molecule has 1 saturated carbocycles. The van der Waals surface area contributed by atoms with Crippen molar-refractivity contribution in [2.24, 2.45) is 5.92 Å². The van der Waals surface area contributed by atoms with Crippen LogP contribution in [0.25, 0.3) is 0 Å². The molecule has 2 unspecified atom stereocenters. The summed E-state index contributed by atoms with van der Waals surface area (Å²) < 4.78 is 4.81. The third-order valence-corrected chi connectivity index (χ3v) is 5.23. The van der Waals surface area contributed by atoms with Gasteiger partial charge in [-0.15, -0.1) is 0 Å². The lowest BCUT2D eigenvalue weighted by molar-refractivity contribution is -0.137. The Morgan fingerprint density at radius 3 is 2.47 bits per heavy atom. The van der Waals surface area contributed by atoms with Crippen LogP contribution in [0.3, 0.4) is 0 Å². The van der Waals surface area contributed by atoms with Gasteiger partial charge in [0.2, 0.25) is 0 Å². The summed E-state index contributed by atoms with van der Waals surface area (Å²) in [6.45, 7) is 0. The molecule has 2 rings (SSSR count). The molecule has 92 valence electrons. The minimum absolute atomic E-state index is 0.0772. The van der Waals surface area contributed by atoms with Gasteiger partial charge in [-0.2, -0.15) is 0 Å². The number of aliphatic carboxylic acids is 1. The highest BCUT2D eigenvalue weighted by Crippen LogP contribution is 2.68. The molecule has 0 amide bonds. The van der Waals surface area contributed by atoms with Crippen molar-refractivity contribution in [3.8, 4) is 5.75 Å². The van der Waals surface area contributed by atoms with E-state index in [-0.39, 0.29) is 21.5 Å². The zero-order valence-corrected chi connectivity index (χ0v) is 12.4.